The highest BCUT2D eigenvalue weighted by molar-refractivity contribution is 8.03. The van der Waals surface area contributed by atoms with Crippen LogP contribution in [0.1, 0.15) is 66.9 Å². The van der Waals surface area contributed by atoms with Gasteiger partial charge in [-0.25, -0.2) is 4.79 Å². The van der Waals surface area contributed by atoms with Crippen LogP contribution in [0.3, 0.4) is 0 Å². The van der Waals surface area contributed by atoms with Crippen LogP contribution in [-0.2, 0) is 0 Å². The van der Waals surface area contributed by atoms with Crippen molar-refractivity contribution in [1.82, 2.24) is 0 Å². The van der Waals surface area contributed by atoms with E-state index in [1.807, 2.05) is 6.07 Å². The number of carboxylic acid groups (broad SMARTS) is 1. The first-order valence-corrected chi connectivity index (χ1v) is 8.46. The first kappa shape index (κ1) is 16.2. The Labute approximate surface area is 131 Å². The third kappa shape index (κ3) is 3.70. The Morgan fingerprint density at radius 3 is 2.48 bits per heavy atom. The Hall–Kier alpha value is -1.22. The summed E-state index contributed by atoms with van der Waals surface area (Å²) in [5, 5.41) is 9.38. The van der Waals surface area contributed by atoms with Gasteiger partial charge in [-0.3, -0.25) is 0 Å². The van der Waals surface area contributed by atoms with Gasteiger partial charge >= 0.3 is 5.97 Å². The summed E-state index contributed by atoms with van der Waals surface area (Å²) in [6, 6.07) is 3.68. The molecule has 3 heteroatoms. The second kappa shape index (κ2) is 6.69. The summed E-state index contributed by atoms with van der Waals surface area (Å²) in [7, 11) is 0. The van der Waals surface area contributed by atoms with Crippen molar-refractivity contribution in [3.63, 3.8) is 0 Å². The van der Waals surface area contributed by atoms with E-state index in [0.29, 0.717) is 17.4 Å². The number of hydrogen-bond donors (Lipinski definition) is 1. The molecular weight excluding hydrogens is 280 g/mol. The molecule has 0 aromatic heterocycles. The van der Waals surface area contributed by atoms with Crippen LogP contribution in [0.2, 0.25) is 0 Å². The SMILES string of the molecule is C=C(Sc1cc(C(=O)O)cc(C2CCCC2)c1C)C(C)C. The molecule has 1 aromatic carbocycles. The summed E-state index contributed by atoms with van der Waals surface area (Å²) >= 11 is 1.63. The van der Waals surface area contributed by atoms with Crippen molar-refractivity contribution in [1.29, 1.82) is 0 Å². The van der Waals surface area contributed by atoms with Gasteiger partial charge in [0.05, 0.1) is 5.56 Å². The van der Waals surface area contributed by atoms with Crippen molar-refractivity contribution in [2.45, 2.75) is 57.3 Å². The van der Waals surface area contributed by atoms with Crippen molar-refractivity contribution in [2.75, 3.05) is 0 Å². The molecule has 0 spiro atoms. The predicted octanol–water partition coefficient (Wildman–Crippen LogP) is 5.61. The number of hydrogen-bond acceptors (Lipinski definition) is 2. The minimum Gasteiger partial charge on any atom is -0.478 e. The van der Waals surface area contributed by atoms with E-state index in [4.69, 9.17) is 0 Å². The zero-order valence-corrected chi connectivity index (χ0v) is 13.9. The van der Waals surface area contributed by atoms with Crippen LogP contribution in [0.4, 0.5) is 0 Å². The lowest BCUT2D eigenvalue weighted by atomic mass is 9.92. The highest BCUT2D eigenvalue weighted by atomic mass is 32.2. The Kier molecular flexibility index (Phi) is 5.15. The number of rotatable bonds is 5. The summed E-state index contributed by atoms with van der Waals surface area (Å²) in [6.45, 7) is 10.5. The van der Waals surface area contributed by atoms with Crippen LogP contribution >= 0.6 is 11.8 Å². The second-order valence-electron chi connectivity index (χ2n) is 6.20. The summed E-state index contributed by atoms with van der Waals surface area (Å²) in [6.07, 6.45) is 4.86. The number of thioether (sulfide) groups is 1. The first-order chi connectivity index (χ1) is 9.90. The Morgan fingerprint density at radius 1 is 1.33 bits per heavy atom. The van der Waals surface area contributed by atoms with Crippen LogP contribution in [0.5, 0.6) is 0 Å². The smallest absolute Gasteiger partial charge is 0.335 e. The Bertz CT molecular complexity index is 555. The highest BCUT2D eigenvalue weighted by Crippen LogP contribution is 2.41. The van der Waals surface area contributed by atoms with Crippen molar-refractivity contribution < 1.29 is 9.90 Å². The molecule has 1 aliphatic carbocycles. The molecule has 1 fully saturated rings. The van der Waals surface area contributed by atoms with E-state index >= 15 is 0 Å². The Balaban J connectivity index is 2.42. The fraction of sp³-hybridized carbons (Fsp3) is 0.500. The second-order valence-corrected chi connectivity index (χ2v) is 7.37. The minimum atomic E-state index is -0.841. The zero-order valence-electron chi connectivity index (χ0n) is 13.1. The maximum atomic E-state index is 11.4. The van der Waals surface area contributed by atoms with Crippen molar-refractivity contribution in [3.8, 4) is 0 Å². The molecule has 0 radical (unpaired) electrons. The average molecular weight is 304 g/mol. The number of carboxylic acids is 1. The van der Waals surface area contributed by atoms with Gasteiger partial charge < -0.3 is 5.11 Å². The molecule has 1 saturated carbocycles. The molecule has 1 N–H and O–H groups in total. The molecule has 1 aliphatic rings. The van der Waals surface area contributed by atoms with Crippen molar-refractivity contribution in [3.05, 3.63) is 40.3 Å². The number of aromatic carboxylic acids is 1. The molecule has 2 rings (SSSR count). The standard InChI is InChI=1S/C18H24O2S/c1-11(2)13(4)21-17-10-15(18(19)20)9-16(12(17)3)14-7-5-6-8-14/h9-11,14H,4-8H2,1-3H3,(H,19,20). The molecule has 0 atom stereocenters. The Morgan fingerprint density at radius 2 is 1.95 bits per heavy atom. The van der Waals surface area contributed by atoms with Crippen LogP contribution in [0.25, 0.3) is 0 Å². The van der Waals surface area contributed by atoms with Gasteiger partial charge in [0, 0.05) is 4.90 Å². The molecule has 0 amide bonds. The lowest BCUT2D eigenvalue weighted by Gasteiger charge is -2.19. The van der Waals surface area contributed by atoms with Gasteiger partial charge in [-0.1, -0.05) is 45.0 Å². The maximum absolute atomic E-state index is 11.4. The molecule has 0 saturated heterocycles. The number of benzene rings is 1. The monoisotopic (exact) mass is 304 g/mol. The van der Waals surface area contributed by atoms with Gasteiger partial charge in [0.1, 0.15) is 0 Å². The van der Waals surface area contributed by atoms with Crippen LogP contribution in [-0.4, -0.2) is 11.1 Å². The maximum Gasteiger partial charge on any atom is 0.335 e. The summed E-state index contributed by atoms with van der Waals surface area (Å²) < 4.78 is 0. The van der Waals surface area contributed by atoms with E-state index in [9.17, 15) is 9.90 Å². The van der Waals surface area contributed by atoms with Crippen LogP contribution < -0.4 is 0 Å². The molecule has 0 unspecified atom stereocenters. The molecule has 114 valence electrons. The van der Waals surface area contributed by atoms with Crippen molar-refractivity contribution in [2.24, 2.45) is 5.92 Å². The van der Waals surface area contributed by atoms with Crippen molar-refractivity contribution >= 4 is 17.7 Å². The van der Waals surface area contributed by atoms with E-state index in [-0.39, 0.29) is 0 Å². The van der Waals surface area contributed by atoms with E-state index < -0.39 is 5.97 Å². The third-order valence-corrected chi connectivity index (χ3v) is 5.70. The predicted molar refractivity (Wildman–Crippen MR) is 89.2 cm³/mol. The van der Waals surface area contributed by atoms with E-state index in [1.165, 1.54) is 36.8 Å². The largest absolute Gasteiger partial charge is 0.478 e. The minimum absolute atomic E-state index is 0.387. The fourth-order valence-electron chi connectivity index (χ4n) is 2.86. The summed E-state index contributed by atoms with van der Waals surface area (Å²) in [5.41, 5.74) is 2.87. The molecular formula is C18H24O2S. The van der Waals surface area contributed by atoms with Crippen LogP contribution in [0.15, 0.2) is 28.5 Å². The lowest BCUT2D eigenvalue weighted by Crippen LogP contribution is -2.04. The number of carbonyl (C=O) groups is 1. The molecule has 2 nitrogen and oxygen atoms in total. The van der Waals surface area contributed by atoms with Gasteiger partial charge in [0.25, 0.3) is 0 Å². The normalized spacial score (nSPS) is 15.6. The van der Waals surface area contributed by atoms with E-state index in [0.717, 1.165) is 9.80 Å². The lowest BCUT2D eigenvalue weighted by molar-refractivity contribution is 0.0696. The number of allylic oxidation sites excluding steroid dienone is 1. The van der Waals surface area contributed by atoms with Gasteiger partial charge in [-0.15, -0.1) is 0 Å². The van der Waals surface area contributed by atoms with Crippen LogP contribution in [0, 0.1) is 12.8 Å². The molecule has 0 bridgehead atoms. The molecule has 0 aliphatic heterocycles. The summed E-state index contributed by atoms with van der Waals surface area (Å²) in [4.78, 5) is 13.6. The zero-order chi connectivity index (χ0) is 15.6. The third-order valence-electron chi connectivity index (χ3n) is 4.33. The fourth-order valence-corrected chi connectivity index (χ4v) is 3.83. The quantitative estimate of drug-likeness (QED) is 0.718. The van der Waals surface area contributed by atoms with E-state index in [2.05, 4.69) is 27.4 Å². The molecule has 0 heterocycles. The average Bonchev–Trinajstić information content (AvgIpc) is 2.94. The van der Waals surface area contributed by atoms with Gasteiger partial charge in [-0.2, -0.15) is 0 Å². The van der Waals surface area contributed by atoms with Gasteiger partial charge in [-0.05, 0) is 59.8 Å². The topological polar surface area (TPSA) is 37.3 Å². The van der Waals surface area contributed by atoms with Gasteiger partial charge in [0.2, 0.25) is 0 Å². The molecule has 21 heavy (non-hydrogen) atoms. The van der Waals surface area contributed by atoms with E-state index in [1.54, 1.807) is 17.8 Å². The van der Waals surface area contributed by atoms with Gasteiger partial charge in [0.15, 0.2) is 0 Å². The molecule has 1 aromatic rings. The summed E-state index contributed by atoms with van der Waals surface area (Å²) in [5.74, 6) is 0.0695. The highest BCUT2D eigenvalue weighted by Gasteiger charge is 2.22. The first-order valence-electron chi connectivity index (χ1n) is 7.64.